The molecule has 0 aromatic heterocycles. The van der Waals surface area contributed by atoms with Crippen LogP contribution >= 0.6 is 0 Å². The summed E-state index contributed by atoms with van der Waals surface area (Å²) >= 11 is 0. The van der Waals surface area contributed by atoms with Crippen molar-refractivity contribution in [2.45, 2.75) is 64.1 Å². The van der Waals surface area contributed by atoms with E-state index in [-0.39, 0.29) is 17.6 Å². The summed E-state index contributed by atoms with van der Waals surface area (Å²) in [5.74, 6) is -0.00228. The van der Waals surface area contributed by atoms with Crippen LogP contribution in [0.25, 0.3) is 0 Å². The Morgan fingerprint density at radius 2 is 2.00 bits per heavy atom. The van der Waals surface area contributed by atoms with Gasteiger partial charge >= 0.3 is 0 Å². The first-order chi connectivity index (χ1) is 9.23. The molecule has 0 aromatic carbocycles. The molecule has 1 rings (SSSR count). The molecule has 0 aromatic rings. The van der Waals surface area contributed by atoms with E-state index in [9.17, 15) is 4.79 Å². The second kappa shape index (κ2) is 6.87. The molecule has 1 aliphatic carbocycles. The van der Waals surface area contributed by atoms with Crippen molar-refractivity contribution in [1.82, 2.24) is 5.32 Å². The molecule has 0 radical (unpaired) electrons. The number of hydrogen-bond donors (Lipinski definition) is 2. The highest BCUT2D eigenvalue weighted by molar-refractivity contribution is 5.85. The number of carbonyl (C=O) groups is 1. The maximum Gasteiger partial charge on any atom is 0.240 e. The van der Waals surface area contributed by atoms with Crippen LogP contribution in [0.5, 0.6) is 0 Å². The van der Waals surface area contributed by atoms with Crippen LogP contribution < -0.4 is 11.1 Å². The molecule has 20 heavy (non-hydrogen) atoms. The number of methoxy groups -OCH3 is 1. The van der Waals surface area contributed by atoms with Gasteiger partial charge in [-0.2, -0.15) is 0 Å². The Kier molecular flexibility index (Phi) is 5.98. The molecule has 0 saturated heterocycles. The summed E-state index contributed by atoms with van der Waals surface area (Å²) in [6, 6.07) is 0.196. The summed E-state index contributed by atoms with van der Waals surface area (Å²) in [6.45, 7) is 8.98. The van der Waals surface area contributed by atoms with E-state index in [2.05, 4.69) is 5.32 Å². The third-order valence-electron chi connectivity index (χ3n) is 3.99. The number of nitrogens with one attached hydrogen (secondary N) is 1. The molecule has 1 amide bonds. The molecule has 118 valence electrons. The zero-order valence-electron chi connectivity index (χ0n) is 13.5. The first-order valence-corrected chi connectivity index (χ1v) is 7.44. The lowest BCUT2D eigenvalue weighted by Crippen LogP contribution is -2.62. The summed E-state index contributed by atoms with van der Waals surface area (Å²) in [4.78, 5) is 11.9. The molecular formula is C15H30N2O3. The van der Waals surface area contributed by atoms with Gasteiger partial charge in [0, 0.05) is 19.8 Å². The van der Waals surface area contributed by atoms with Crippen molar-refractivity contribution >= 4 is 5.91 Å². The fraction of sp³-hybridized carbons (Fsp3) is 0.933. The number of rotatable bonds is 10. The fourth-order valence-electron chi connectivity index (χ4n) is 2.37. The molecule has 0 spiro atoms. The lowest BCUT2D eigenvalue weighted by Gasteiger charge is -2.34. The van der Waals surface area contributed by atoms with Crippen LogP contribution in [0, 0.1) is 5.92 Å². The minimum atomic E-state index is -0.717. The Hall–Kier alpha value is -0.650. The third kappa shape index (κ3) is 4.72. The molecular weight excluding hydrogens is 256 g/mol. The van der Waals surface area contributed by atoms with E-state index in [1.54, 1.807) is 7.11 Å². The van der Waals surface area contributed by atoms with Crippen LogP contribution in [-0.2, 0) is 14.3 Å². The Morgan fingerprint density at radius 3 is 2.40 bits per heavy atom. The van der Waals surface area contributed by atoms with E-state index in [1.165, 1.54) is 0 Å². The Bertz CT molecular complexity index is 327. The Labute approximate surface area is 122 Å². The van der Waals surface area contributed by atoms with Gasteiger partial charge in [0.15, 0.2) is 0 Å². The highest BCUT2D eigenvalue weighted by atomic mass is 16.5. The number of nitrogens with two attached hydrogens (primary N) is 1. The smallest absolute Gasteiger partial charge is 0.240 e. The molecule has 3 N–H and O–H groups in total. The van der Waals surface area contributed by atoms with Gasteiger partial charge in [-0.05, 0) is 52.9 Å². The molecule has 0 aliphatic heterocycles. The van der Waals surface area contributed by atoms with E-state index < -0.39 is 5.54 Å². The SMILES string of the molecule is COC(C)(C)CCOCC(NC(C)C)(C(N)=O)C1CC1. The van der Waals surface area contributed by atoms with Crippen molar-refractivity contribution in [2.24, 2.45) is 11.7 Å². The van der Waals surface area contributed by atoms with Gasteiger partial charge in [-0.25, -0.2) is 0 Å². The van der Waals surface area contributed by atoms with E-state index in [0.29, 0.717) is 19.1 Å². The lowest BCUT2D eigenvalue weighted by atomic mass is 9.92. The van der Waals surface area contributed by atoms with Gasteiger partial charge in [0.25, 0.3) is 0 Å². The fourth-order valence-corrected chi connectivity index (χ4v) is 2.37. The average molecular weight is 286 g/mol. The molecule has 1 saturated carbocycles. The van der Waals surface area contributed by atoms with Gasteiger partial charge in [0.2, 0.25) is 5.91 Å². The molecule has 1 atom stereocenters. The topological polar surface area (TPSA) is 73.6 Å². The normalized spacial score (nSPS) is 19.1. The van der Waals surface area contributed by atoms with Gasteiger partial charge in [0.05, 0.1) is 12.2 Å². The minimum Gasteiger partial charge on any atom is -0.379 e. The summed E-state index contributed by atoms with van der Waals surface area (Å²) in [5, 5.41) is 3.34. The monoisotopic (exact) mass is 286 g/mol. The quantitative estimate of drug-likeness (QED) is 0.596. The van der Waals surface area contributed by atoms with Crippen molar-refractivity contribution in [3.63, 3.8) is 0 Å². The number of primary amides is 1. The zero-order chi connectivity index (χ0) is 15.4. The van der Waals surface area contributed by atoms with Crippen LogP contribution in [-0.4, -0.2) is 43.4 Å². The second-order valence-corrected chi connectivity index (χ2v) is 6.68. The highest BCUT2D eigenvalue weighted by Crippen LogP contribution is 2.40. The van der Waals surface area contributed by atoms with Crippen molar-refractivity contribution in [3.8, 4) is 0 Å². The summed E-state index contributed by atoms with van der Waals surface area (Å²) in [6.07, 6.45) is 2.86. The molecule has 1 aliphatic rings. The van der Waals surface area contributed by atoms with Gasteiger partial charge in [-0.1, -0.05) is 0 Å². The van der Waals surface area contributed by atoms with Crippen LogP contribution in [0.3, 0.4) is 0 Å². The van der Waals surface area contributed by atoms with Gasteiger partial charge in [0.1, 0.15) is 5.54 Å². The van der Waals surface area contributed by atoms with E-state index in [0.717, 1.165) is 19.3 Å². The summed E-state index contributed by atoms with van der Waals surface area (Å²) in [7, 11) is 1.69. The van der Waals surface area contributed by atoms with Crippen LogP contribution in [0.1, 0.15) is 47.0 Å². The number of carbonyl (C=O) groups excluding carboxylic acids is 1. The predicted octanol–water partition coefficient (Wildman–Crippen LogP) is 1.45. The standard InChI is InChI=1S/C15H30N2O3/c1-11(2)17-15(13(16)18,12-6-7-12)10-20-9-8-14(3,4)19-5/h11-12,17H,6-10H2,1-5H3,(H2,16,18). The number of hydrogen-bond acceptors (Lipinski definition) is 4. The lowest BCUT2D eigenvalue weighted by molar-refractivity contribution is -0.129. The van der Waals surface area contributed by atoms with E-state index >= 15 is 0 Å². The zero-order valence-corrected chi connectivity index (χ0v) is 13.5. The van der Waals surface area contributed by atoms with Gasteiger partial charge < -0.3 is 15.2 Å². The Morgan fingerprint density at radius 1 is 1.40 bits per heavy atom. The first kappa shape index (κ1) is 17.4. The number of ether oxygens (including phenoxy) is 2. The molecule has 1 unspecified atom stereocenters. The predicted molar refractivity (Wildman–Crippen MR) is 79.4 cm³/mol. The summed E-state index contributed by atoms with van der Waals surface area (Å²) in [5.41, 5.74) is 4.72. The van der Waals surface area contributed by atoms with Gasteiger partial charge in [-0.15, -0.1) is 0 Å². The van der Waals surface area contributed by atoms with E-state index in [1.807, 2.05) is 27.7 Å². The molecule has 1 fully saturated rings. The molecule has 0 heterocycles. The van der Waals surface area contributed by atoms with Crippen molar-refractivity contribution in [3.05, 3.63) is 0 Å². The highest BCUT2D eigenvalue weighted by Gasteiger charge is 2.50. The summed E-state index contributed by atoms with van der Waals surface area (Å²) < 4.78 is 11.1. The largest absolute Gasteiger partial charge is 0.379 e. The Balaban J connectivity index is 2.55. The van der Waals surface area contributed by atoms with Crippen molar-refractivity contribution < 1.29 is 14.3 Å². The molecule has 5 heteroatoms. The third-order valence-corrected chi connectivity index (χ3v) is 3.99. The van der Waals surface area contributed by atoms with Crippen LogP contribution in [0.2, 0.25) is 0 Å². The van der Waals surface area contributed by atoms with Crippen molar-refractivity contribution in [2.75, 3.05) is 20.3 Å². The molecule has 0 bridgehead atoms. The molecule has 5 nitrogen and oxygen atoms in total. The van der Waals surface area contributed by atoms with Crippen LogP contribution in [0.15, 0.2) is 0 Å². The first-order valence-electron chi connectivity index (χ1n) is 7.44. The van der Waals surface area contributed by atoms with E-state index in [4.69, 9.17) is 15.2 Å². The maximum absolute atomic E-state index is 11.9. The van der Waals surface area contributed by atoms with Crippen molar-refractivity contribution in [1.29, 1.82) is 0 Å². The average Bonchev–Trinajstić information content (AvgIpc) is 3.16. The van der Waals surface area contributed by atoms with Crippen LogP contribution in [0.4, 0.5) is 0 Å². The maximum atomic E-state index is 11.9. The van der Waals surface area contributed by atoms with Gasteiger partial charge in [-0.3, -0.25) is 10.1 Å². The second-order valence-electron chi connectivity index (χ2n) is 6.68. The number of amides is 1. The minimum absolute atomic E-state index is 0.196.